The summed E-state index contributed by atoms with van der Waals surface area (Å²) in [6, 6.07) is 12.7. The van der Waals surface area contributed by atoms with Gasteiger partial charge in [-0.1, -0.05) is 17.7 Å². The zero-order valence-electron chi connectivity index (χ0n) is 14.7. The van der Waals surface area contributed by atoms with Crippen LogP contribution in [0.1, 0.15) is 28.8 Å². The largest absolute Gasteiger partial charge is 0.376 e. The van der Waals surface area contributed by atoms with Gasteiger partial charge >= 0.3 is 0 Å². The Morgan fingerprint density at radius 2 is 1.77 bits per heavy atom. The molecule has 3 rings (SSSR count). The third-order valence-corrected chi connectivity index (χ3v) is 4.69. The molecular formula is C20H22ClN3O2. The topological polar surface area (TPSA) is 61.4 Å². The van der Waals surface area contributed by atoms with Crippen molar-refractivity contribution in [2.24, 2.45) is 0 Å². The van der Waals surface area contributed by atoms with Gasteiger partial charge in [0.15, 0.2) is 0 Å². The standard InChI is InChI=1S/C20H22ClN3O2/c1-14-4-9-18(17(21)12-14)23-19(25)13-22-16-7-5-15(6-8-16)20(26)24-10-2-3-11-24/h4-9,12,22H,2-3,10-11,13H2,1H3,(H,23,25). The minimum Gasteiger partial charge on any atom is -0.376 e. The normalized spacial score (nSPS) is 13.5. The molecule has 26 heavy (non-hydrogen) atoms. The predicted molar refractivity (Wildman–Crippen MR) is 105 cm³/mol. The van der Waals surface area contributed by atoms with Gasteiger partial charge in [-0.2, -0.15) is 0 Å². The first-order chi connectivity index (χ1) is 12.5. The van der Waals surface area contributed by atoms with Crippen LogP contribution < -0.4 is 10.6 Å². The Labute approximate surface area is 158 Å². The van der Waals surface area contributed by atoms with Crippen LogP contribution in [0, 0.1) is 6.92 Å². The number of nitrogens with one attached hydrogen (secondary N) is 2. The number of benzene rings is 2. The molecule has 1 fully saturated rings. The Morgan fingerprint density at radius 3 is 2.42 bits per heavy atom. The summed E-state index contributed by atoms with van der Waals surface area (Å²) < 4.78 is 0. The highest BCUT2D eigenvalue weighted by Crippen LogP contribution is 2.22. The molecule has 2 N–H and O–H groups in total. The van der Waals surface area contributed by atoms with E-state index in [4.69, 9.17) is 11.6 Å². The van der Waals surface area contributed by atoms with Gasteiger partial charge in [0.05, 0.1) is 17.3 Å². The minimum absolute atomic E-state index is 0.0702. The van der Waals surface area contributed by atoms with Gasteiger partial charge in [-0.05, 0) is 61.7 Å². The second-order valence-electron chi connectivity index (χ2n) is 6.46. The quantitative estimate of drug-likeness (QED) is 0.837. The Bertz CT molecular complexity index is 799. The zero-order chi connectivity index (χ0) is 18.5. The number of hydrogen-bond donors (Lipinski definition) is 2. The van der Waals surface area contributed by atoms with Crippen LogP contribution in [-0.4, -0.2) is 36.3 Å². The van der Waals surface area contributed by atoms with E-state index in [1.807, 2.05) is 30.0 Å². The molecule has 1 saturated heterocycles. The molecule has 2 aromatic rings. The van der Waals surface area contributed by atoms with E-state index in [1.54, 1.807) is 24.3 Å². The van der Waals surface area contributed by atoms with Crippen molar-refractivity contribution in [3.63, 3.8) is 0 Å². The van der Waals surface area contributed by atoms with Crippen LogP contribution in [0.2, 0.25) is 5.02 Å². The molecule has 5 nitrogen and oxygen atoms in total. The van der Waals surface area contributed by atoms with Gasteiger partial charge < -0.3 is 15.5 Å². The highest BCUT2D eigenvalue weighted by molar-refractivity contribution is 6.33. The zero-order valence-corrected chi connectivity index (χ0v) is 15.5. The summed E-state index contributed by atoms with van der Waals surface area (Å²) in [6.45, 7) is 3.72. The molecule has 0 spiro atoms. The molecule has 0 saturated carbocycles. The Balaban J connectivity index is 1.52. The van der Waals surface area contributed by atoms with E-state index < -0.39 is 0 Å². The van der Waals surface area contributed by atoms with Crippen molar-refractivity contribution in [1.29, 1.82) is 0 Å². The Morgan fingerprint density at radius 1 is 1.08 bits per heavy atom. The monoisotopic (exact) mass is 371 g/mol. The first-order valence-corrected chi connectivity index (χ1v) is 9.10. The first-order valence-electron chi connectivity index (χ1n) is 8.72. The maximum atomic E-state index is 12.3. The highest BCUT2D eigenvalue weighted by Gasteiger charge is 2.19. The van der Waals surface area contributed by atoms with Gasteiger partial charge in [0.25, 0.3) is 5.91 Å². The number of rotatable bonds is 5. The van der Waals surface area contributed by atoms with Crippen molar-refractivity contribution >= 4 is 34.8 Å². The molecule has 0 radical (unpaired) electrons. The van der Waals surface area contributed by atoms with Crippen LogP contribution >= 0.6 is 11.6 Å². The summed E-state index contributed by atoms with van der Waals surface area (Å²) in [7, 11) is 0. The van der Waals surface area contributed by atoms with Gasteiger partial charge in [-0.15, -0.1) is 0 Å². The van der Waals surface area contributed by atoms with Crippen LogP contribution in [0.5, 0.6) is 0 Å². The van der Waals surface area contributed by atoms with Crippen LogP contribution in [0.4, 0.5) is 11.4 Å². The summed E-state index contributed by atoms with van der Waals surface area (Å²) >= 11 is 6.12. The van der Waals surface area contributed by atoms with E-state index in [0.29, 0.717) is 16.3 Å². The molecular weight excluding hydrogens is 350 g/mol. The summed E-state index contributed by atoms with van der Waals surface area (Å²) in [4.78, 5) is 26.3. The molecule has 6 heteroatoms. The molecule has 0 atom stereocenters. The Kier molecular flexibility index (Phi) is 5.78. The molecule has 1 aliphatic heterocycles. The number of carbonyl (C=O) groups excluding carboxylic acids is 2. The lowest BCUT2D eigenvalue weighted by Gasteiger charge is -2.15. The Hall–Kier alpha value is -2.53. The van der Waals surface area contributed by atoms with Crippen LogP contribution in [0.3, 0.4) is 0 Å². The van der Waals surface area contributed by atoms with Gasteiger partial charge in [0.1, 0.15) is 0 Å². The number of halogens is 1. The third-order valence-electron chi connectivity index (χ3n) is 4.38. The van der Waals surface area contributed by atoms with Crippen molar-refractivity contribution in [2.45, 2.75) is 19.8 Å². The lowest BCUT2D eigenvalue weighted by atomic mass is 10.2. The fourth-order valence-corrected chi connectivity index (χ4v) is 3.21. The van der Waals surface area contributed by atoms with Crippen LogP contribution in [-0.2, 0) is 4.79 Å². The van der Waals surface area contributed by atoms with Gasteiger partial charge in [-0.3, -0.25) is 9.59 Å². The molecule has 2 amide bonds. The highest BCUT2D eigenvalue weighted by atomic mass is 35.5. The third kappa shape index (κ3) is 4.55. The van der Waals surface area contributed by atoms with Gasteiger partial charge in [0.2, 0.25) is 5.91 Å². The van der Waals surface area contributed by atoms with E-state index >= 15 is 0 Å². The van der Waals surface area contributed by atoms with E-state index in [2.05, 4.69) is 10.6 Å². The maximum Gasteiger partial charge on any atom is 0.253 e. The van der Waals surface area contributed by atoms with Crippen LogP contribution in [0.25, 0.3) is 0 Å². The summed E-state index contributed by atoms with van der Waals surface area (Å²) in [5.41, 5.74) is 3.09. The molecule has 136 valence electrons. The fourth-order valence-electron chi connectivity index (χ4n) is 2.93. The SMILES string of the molecule is Cc1ccc(NC(=O)CNc2ccc(C(=O)N3CCCC3)cc2)c(Cl)c1. The number of hydrogen-bond acceptors (Lipinski definition) is 3. The second kappa shape index (κ2) is 8.23. The summed E-state index contributed by atoms with van der Waals surface area (Å²) in [5.74, 6) is -0.117. The van der Waals surface area contributed by atoms with E-state index in [1.165, 1.54) is 0 Å². The molecule has 1 heterocycles. The number of amides is 2. The molecule has 0 aliphatic carbocycles. The predicted octanol–water partition coefficient (Wildman–Crippen LogP) is 3.94. The minimum atomic E-state index is -0.187. The smallest absolute Gasteiger partial charge is 0.253 e. The molecule has 0 bridgehead atoms. The van der Waals surface area contributed by atoms with Crippen molar-refractivity contribution in [3.05, 3.63) is 58.6 Å². The maximum absolute atomic E-state index is 12.3. The molecule has 0 aromatic heterocycles. The lowest BCUT2D eigenvalue weighted by Crippen LogP contribution is -2.27. The number of carbonyl (C=O) groups is 2. The molecule has 1 aliphatic rings. The lowest BCUT2D eigenvalue weighted by molar-refractivity contribution is -0.114. The first kappa shape index (κ1) is 18.3. The van der Waals surface area contributed by atoms with E-state index in [-0.39, 0.29) is 18.4 Å². The van der Waals surface area contributed by atoms with Crippen molar-refractivity contribution in [3.8, 4) is 0 Å². The van der Waals surface area contributed by atoms with Crippen molar-refractivity contribution in [1.82, 2.24) is 4.90 Å². The van der Waals surface area contributed by atoms with Crippen molar-refractivity contribution < 1.29 is 9.59 Å². The number of nitrogens with zero attached hydrogens (tertiary/aromatic N) is 1. The van der Waals surface area contributed by atoms with E-state index in [9.17, 15) is 9.59 Å². The number of aryl methyl sites for hydroxylation is 1. The molecule has 0 unspecified atom stereocenters. The average Bonchev–Trinajstić information content (AvgIpc) is 3.17. The number of anilines is 2. The fraction of sp³-hybridized carbons (Fsp3) is 0.300. The second-order valence-corrected chi connectivity index (χ2v) is 6.87. The summed E-state index contributed by atoms with van der Waals surface area (Å²) in [5, 5.41) is 6.35. The van der Waals surface area contributed by atoms with Crippen LogP contribution in [0.15, 0.2) is 42.5 Å². The van der Waals surface area contributed by atoms with Crippen molar-refractivity contribution in [2.75, 3.05) is 30.3 Å². The van der Waals surface area contributed by atoms with Gasteiger partial charge in [0, 0.05) is 24.3 Å². The average molecular weight is 372 g/mol. The number of likely N-dealkylation sites (tertiary alicyclic amines) is 1. The van der Waals surface area contributed by atoms with E-state index in [0.717, 1.165) is 37.2 Å². The summed E-state index contributed by atoms with van der Waals surface area (Å²) in [6.07, 6.45) is 2.15. The van der Waals surface area contributed by atoms with Gasteiger partial charge in [-0.25, -0.2) is 0 Å². The molecule has 2 aromatic carbocycles.